The second-order valence-electron chi connectivity index (χ2n) is 5.32. The lowest BCUT2D eigenvalue weighted by atomic mass is 10.2. The van der Waals surface area contributed by atoms with Crippen molar-refractivity contribution in [3.8, 4) is 0 Å². The molecule has 0 spiro atoms. The molecule has 1 aromatic rings. The predicted molar refractivity (Wildman–Crippen MR) is 83.3 cm³/mol. The molecule has 1 amide bonds. The normalized spacial score (nSPS) is 25.5. The molecule has 1 aromatic heterocycles. The molecule has 1 aliphatic rings. The van der Waals surface area contributed by atoms with E-state index in [0.29, 0.717) is 18.6 Å². The van der Waals surface area contributed by atoms with Gasteiger partial charge in [0.1, 0.15) is 0 Å². The molecule has 1 fully saturated rings. The van der Waals surface area contributed by atoms with E-state index < -0.39 is 0 Å². The number of halogens is 1. The van der Waals surface area contributed by atoms with Crippen molar-refractivity contribution in [2.24, 2.45) is 0 Å². The van der Waals surface area contributed by atoms with E-state index in [1.165, 1.54) is 17.7 Å². The predicted octanol–water partition coefficient (Wildman–Crippen LogP) is 3.39. The van der Waals surface area contributed by atoms with Gasteiger partial charge in [-0.05, 0) is 61.7 Å². The summed E-state index contributed by atoms with van der Waals surface area (Å²) in [5.41, 5.74) is 0. The average molecular weight is 345 g/mol. The number of nitrogens with zero attached hydrogens (tertiary/aromatic N) is 1. The van der Waals surface area contributed by atoms with Crippen LogP contribution in [0.3, 0.4) is 0 Å². The van der Waals surface area contributed by atoms with Gasteiger partial charge in [-0.1, -0.05) is 0 Å². The van der Waals surface area contributed by atoms with E-state index in [9.17, 15) is 4.79 Å². The van der Waals surface area contributed by atoms with Crippen LogP contribution in [-0.2, 0) is 11.3 Å². The number of thiophene rings is 1. The third-order valence-electron chi connectivity index (χ3n) is 3.91. The van der Waals surface area contributed by atoms with Crippen LogP contribution >= 0.6 is 27.3 Å². The Morgan fingerprint density at radius 2 is 2.11 bits per heavy atom. The van der Waals surface area contributed by atoms with Gasteiger partial charge >= 0.3 is 0 Å². The molecule has 1 saturated heterocycles. The maximum atomic E-state index is 12.2. The summed E-state index contributed by atoms with van der Waals surface area (Å²) in [7, 11) is 0. The zero-order valence-corrected chi connectivity index (χ0v) is 14.1. The third kappa shape index (κ3) is 3.58. The smallest absolute Gasteiger partial charge is 0.237 e. The molecule has 1 N–H and O–H groups in total. The highest BCUT2D eigenvalue weighted by molar-refractivity contribution is 9.11. The summed E-state index contributed by atoms with van der Waals surface area (Å²) in [5, 5.41) is 3.04. The van der Waals surface area contributed by atoms with Gasteiger partial charge in [-0.2, -0.15) is 0 Å². The molecule has 0 radical (unpaired) electrons. The molecule has 19 heavy (non-hydrogen) atoms. The lowest BCUT2D eigenvalue weighted by Gasteiger charge is -2.31. The summed E-state index contributed by atoms with van der Waals surface area (Å²) < 4.78 is 1.10. The Kier molecular flexibility index (Phi) is 5.03. The van der Waals surface area contributed by atoms with Gasteiger partial charge < -0.3 is 5.32 Å². The van der Waals surface area contributed by atoms with Crippen molar-refractivity contribution in [3.63, 3.8) is 0 Å². The topological polar surface area (TPSA) is 32.3 Å². The van der Waals surface area contributed by atoms with Crippen molar-refractivity contribution in [2.75, 3.05) is 0 Å². The molecular formula is C14H21BrN2OS. The standard InChI is InChI=1S/C14H21BrN2OS/c1-9-4-5-10(2)17(9)11(3)14(18)16-8-12-6-7-13(15)19-12/h6-7,9-11H,4-5,8H2,1-3H3,(H,16,18). The van der Waals surface area contributed by atoms with Crippen LogP contribution in [0.15, 0.2) is 15.9 Å². The van der Waals surface area contributed by atoms with Crippen LogP contribution < -0.4 is 5.32 Å². The fraction of sp³-hybridized carbons (Fsp3) is 0.643. The zero-order chi connectivity index (χ0) is 14.0. The Balaban J connectivity index is 1.88. The van der Waals surface area contributed by atoms with Gasteiger partial charge in [-0.15, -0.1) is 11.3 Å². The molecule has 2 heterocycles. The first-order valence-electron chi connectivity index (χ1n) is 6.78. The number of carbonyl (C=O) groups is 1. The maximum Gasteiger partial charge on any atom is 0.237 e. The quantitative estimate of drug-likeness (QED) is 0.907. The van der Waals surface area contributed by atoms with E-state index in [1.54, 1.807) is 11.3 Å². The Labute approximate surface area is 127 Å². The molecule has 3 unspecified atom stereocenters. The Morgan fingerprint density at radius 3 is 2.63 bits per heavy atom. The van der Waals surface area contributed by atoms with Gasteiger partial charge in [-0.3, -0.25) is 9.69 Å². The van der Waals surface area contributed by atoms with Gasteiger partial charge in [0.2, 0.25) is 5.91 Å². The number of carbonyl (C=O) groups excluding carboxylic acids is 1. The number of hydrogen-bond donors (Lipinski definition) is 1. The molecular weight excluding hydrogens is 324 g/mol. The number of rotatable bonds is 4. The zero-order valence-electron chi connectivity index (χ0n) is 11.6. The highest BCUT2D eigenvalue weighted by Gasteiger charge is 2.34. The monoisotopic (exact) mass is 344 g/mol. The minimum Gasteiger partial charge on any atom is -0.350 e. The van der Waals surface area contributed by atoms with Crippen molar-refractivity contribution in [1.29, 1.82) is 0 Å². The Morgan fingerprint density at radius 1 is 1.47 bits per heavy atom. The van der Waals surface area contributed by atoms with Crippen molar-refractivity contribution in [3.05, 3.63) is 20.8 Å². The summed E-state index contributed by atoms with van der Waals surface area (Å²) in [6, 6.07) is 5.02. The van der Waals surface area contributed by atoms with Crippen LogP contribution in [-0.4, -0.2) is 28.9 Å². The van der Waals surface area contributed by atoms with E-state index >= 15 is 0 Å². The highest BCUT2D eigenvalue weighted by atomic mass is 79.9. The van der Waals surface area contributed by atoms with E-state index in [2.05, 4.69) is 40.0 Å². The first-order valence-corrected chi connectivity index (χ1v) is 8.39. The fourth-order valence-electron chi connectivity index (χ4n) is 2.88. The first kappa shape index (κ1) is 15.0. The number of likely N-dealkylation sites (tertiary alicyclic amines) is 1. The van der Waals surface area contributed by atoms with Gasteiger partial charge in [0.05, 0.1) is 16.4 Å². The number of hydrogen-bond acceptors (Lipinski definition) is 3. The Bertz CT molecular complexity index is 438. The SMILES string of the molecule is CC1CCC(C)N1C(C)C(=O)NCc1ccc(Br)s1. The van der Waals surface area contributed by atoms with E-state index in [4.69, 9.17) is 0 Å². The molecule has 0 aromatic carbocycles. The van der Waals surface area contributed by atoms with E-state index in [1.807, 2.05) is 19.1 Å². The number of nitrogens with one attached hydrogen (secondary N) is 1. The first-order chi connectivity index (χ1) is 8.99. The largest absolute Gasteiger partial charge is 0.350 e. The van der Waals surface area contributed by atoms with Gasteiger partial charge in [-0.25, -0.2) is 0 Å². The molecule has 106 valence electrons. The summed E-state index contributed by atoms with van der Waals surface area (Å²) in [4.78, 5) is 15.8. The van der Waals surface area contributed by atoms with Crippen LogP contribution in [0.25, 0.3) is 0 Å². The highest BCUT2D eigenvalue weighted by Crippen LogP contribution is 2.26. The van der Waals surface area contributed by atoms with E-state index in [-0.39, 0.29) is 11.9 Å². The summed E-state index contributed by atoms with van der Waals surface area (Å²) in [6.07, 6.45) is 2.38. The fourth-order valence-corrected chi connectivity index (χ4v) is 4.31. The minimum atomic E-state index is -0.0455. The number of amides is 1. The van der Waals surface area contributed by atoms with E-state index in [0.717, 1.165) is 3.79 Å². The van der Waals surface area contributed by atoms with Crippen LogP contribution in [0.4, 0.5) is 0 Å². The lowest BCUT2D eigenvalue weighted by Crippen LogP contribution is -2.48. The second kappa shape index (κ2) is 6.37. The van der Waals surface area contributed by atoms with Gasteiger partial charge in [0.15, 0.2) is 0 Å². The summed E-state index contributed by atoms with van der Waals surface area (Å²) in [6.45, 7) is 7.06. The van der Waals surface area contributed by atoms with Crippen molar-refractivity contribution < 1.29 is 4.79 Å². The van der Waals surface area contributed by atoms with Crippen molar-refractivity contribution >= 4 is 33.2 Å². The average Bonchev–Trinajstić information content (AvgIpc) is 2.92. The van der Waals surface area contributed by atoms with Gasteiger partial charge in [0.25, 0.3) is 0 Å². The van der Waals surface area contributed by atoms with Crippen LogP contribution in [0.5, 0.6) is 0 Å². The molecule has 2 rings (SSSR count). The Hall–Kier alpha value is -0.390. The van der Waals surface area contributed by atoms with Gasteiger partial charge in [0, 0.05) is 17.0 Å². The second-order valence-corrected chi connectivity index (χ2v) is 7.87. The molecule has 3 atom stereocenters. The molecule has 1 aliphatic heterocycles. The van der Waals surface area contributed by atoms with Crippen molar-refractivity contribution in [2.45, 2.75) is 58.3 Å². The van der Waals surface area contributed by atoms with Crippen LogP contribution in [0, 0.1) is 0 Å². The summed E-state index contributed by atoms with van der Waals surface area (Å²) >= 11 is 5.10. The summed E-state index contributed by atoms with van der Waals surface area (Å²) in [5.74, 6) is 0.130. The lowest BCUT2D eigenvalue weighted by molar-refractivity contribution is -0.127. The molecule has 0 saturated carbocycles. The minimum absolute atomic E-state index is 0.0455. The third-order valence-corrected chi connectivity index (χ3v) is 5.54. The van der Waals surface area contributed by atoms with Crippen LogP contribution in [0.2, 0.25) is 0 Å². The molecule has 0 bridgehead atoms. The molecule has 3 nitrogen and oxygen atoms in total. The van der Waals surface area contributed by atoms with Crippen LogP contribution in [0.1, 0.15) is 38.5 Å². The maximum absolute atomic E-state index is 12.2. The molecule has 0 aliphatic carbocycles. The molecule has 5 heteroatoms. The van der Waals surface area contributed by atoms with Crippen molar-refractivity contribution in [1.82, 2.24) is 10.2 Å².